The Bertz CT molecular complexity index is 1080. The van der Waals surface area contributed by atoms with Crippen LogP contribution in [0.3, 0.4) is 0 Å². The minimum atomic E-state index is -1.01. The number of hydrogen-bond donors (Lipinski definition) is 2. The van der Waals surface area contributed by atoms with Gasteiger partial charge in [0.15, 0.2) is 5.60 Å². The topological polar surface area (TPSA) is 82.4 Å². The smallest absolute Gasteiger partial charge is 0.253 e. The summed E-state index contributed by atoms with van der Waals surface area (Å²) >= 11 is 8.19. The summed E-state index contributed by atoms with van der Waals surface area (Å²) < 4.78 is 5.18. The van der Waals surface area contributed by atoms with E-state index in [2.05, 4.69) is 23.4 Å². The van der Waals surface area contributed by atoms with Crippen molar-refractivity contribution in [3.8, 4) is 10.4 Å². The Morgan fingerprint density at radius 1 is 1.30 bits per heavy atom. The van der Waals surface area contributed by atoms with Crippen LogP contribution in [0.5, 0.6) is 0 Å². The molecule has 0 atom stereocenters. The first-order chi connectivity index (χ1) is 15.8. The average Bonchev–Trinajstić information content (AvgIpc) is 3.28. The quantitative estimate of drug-likeness (QED) is 0.594. The van der Waals surface area contributed by atoms with Crippen LogP contribution in [0.2, 0.25) is 5.02 Å². The highest BCUT2D eigenvalue weighted by molar-refractivity contribution is 7.13. The summed E-state index contributed by atoms with van der Waals surface area (Å²) in [6, 6.07) is 7.53. The Morgan fingerprint density at radius 3 is 2.61 bits per heavy atom. The monoisotopic (exact) mass is 488 g/mol. The van der Waals surface area contributed by atoms with E-state index >= 15 is 0 Å². The largest absolute Gasteiger partial charge is 0.393 e. The Balaban J connectivity index is 1.54. The molecule has 2 saturated heterocycles. The molecule has 176 valence electrons. The molecule has 0 spiro atoms. The Labute approximate surface area is 203 Å². The third kappa shape index (κ3) is 5.08. The lowest BCUT2D eigenvalue weighted by atomic mass is 9.92. The molecule has 0 radical (unpaired) electrons. The van der Waals surface area contributed by atoms with Gasteiger partial charge in [0.25, 0.3) is 5.91 Å². The van der Waals surface area contributed by atoms with Gasteiger partial charge in [-0.25, -0.2) is 0 Å². The molecule has 2 fully saturated rings. The lowest BCUT2D eigenvalue weighted by Gasteiger charge is -2.36. The predicted molar refractivity (Wildman–Crippen MR) is 133 cm³/mol. The number of thiophene rings is 1. The number of aliphatic imine (C=N–C) groups is 1. The number of halogens is 1. The highest BCUT2D eigenvalue weighted by atomic mass is 35.5. The summed E-state index contributed by atoms with van der Waals surface area (Å²) in [6.45, 7) is 3.72. The van der Waals surface area contributed by atoms with Gasteiger partial charge in [-0.15, -0.1) is 11.3 Å². The van der Waals surface area contributed by atoms with Crippen LogP contribution in [0, 0.1) is 0 Å². The standard InChI is InChI=1S/C25H29ClN2O4S/c1-3-16(12-23(27-2)25(31)14-32-15-25)18-11-22(33-13-18)20-5-4-17(10-21(20)26)24(30)28-8-6-19(29)7-9-28/h4-5,10-13,19,29,31H,3,6-9,14-15H2,1-2H3/b16-12+,27-23?. The van der Waals surface area contributed by atoms with Crippen molar-refractivity contribution >= 4 is 40.1 Å². The lowest BCUT2D eigenvalue weighted by molar-refractivity contribution is -0.133. The second kappa shape index (κ2) is 10.1. The number of carbonyl (C=O) groups excluding carboxylic acids is 1. The Hall–Kier alpha value is -2.03. The van der Waals surface area contributed by atoms with E-state index in [1.165, 1.54) is 0 Å². The van der Waals surface area contributed by atoms with E-state index in [1.807, 2.05) is 18.2 Å². The van der Waals surface area contributed by atoms with E-state index < -0.39 is 5.60 Å². The summed E-state index contributed by atoms with van der Waals surface area (Å²) in [6.07, 6.45) is 3.64. The number of aliphatic hydroxyl groups excluding tert-OH is 1. The molecule has 0 saturated carbocycles. The second-order valence-corrected chi connectivity index (χ2v) is 9.89. The van der Waals surface area contributed by atoms with Crippen LogP contribution in [0.4, 0.5) is 0 Å². The van der Waals surface area contributed by atoms with Crippen molar-refractivity contribution in [2.24, 2.45) is 4.99 Å². The number of nitrogens with zero attached hydrogens (tertiary/aromatic N) is 2. The predicted octanol–water partition coefficient (Wildman–Crippen LogP) is 4.29. The summed E-state index contributed by atoms with van der Waals surface area (Å²) in [5.41, 5.74) is 3.20. The number of hydrogen-bond acceptors (Lipinski definition) is 6. The normalized spacial score (nSPS) is 19.5. The number of piperidine rings is 1. The molecular weight excluding hydrogens is 460 g/mol. The first kappa shape index (κ1) is 24.1. The number of likely N-dealkylation sites (tertiary alicyclic amines) is 1. The minimum absolute atomic E-state index is 0.0530. The molecule has 3 heterocycles. The zero-order chi connectivity index (χ0) is 23.6. The van der Waals surface area contributed by atoms with Gasteiger partial charge in [-0.2, -0.15) is 0 Å². The van der Waals surface area contributed by atoms with Gasteiger partial charge in [-0.3, -0.25) is 9.79 Å². The van der Waals surface area contributed by atoms with Crippen molar-refractivity contribution < 1.29 is 19.7 Å². The van der Waals surface area contributed by atoms with E-state index in [-0.39, 0.29) is 25.2 Å². The van der Waals surface area contributed by atoms with E-state index in [4.69, 9.17) is 16.3 Å². The van der Waals surface area contributed by atoms with Gasteiger partial charge in [0.1, 0.15) is 0 Å². The van der Waals surface area contributed by atoms with Gasteiger partial charge in [0.05, 0.1) is 30.1 Å². The maximum absolute atomic E-state index is 12.8. The van der Waals surface area contributed by atoms with Crippen LogP contribution in [0.25, 0.3) is 16.0 Å². The van der Waals surface area contributed by atoms with Gasteiger partial charge in [0.2, 0.25) is 0 Å². The van der Waals surface area contributed by atoms with Crippen LogP contribution in [0.1, 0.15) is 42.1 Å². The molecular formula is C25H29ClN2O4S. The molecule has 1 amide bonds. The number of amides is 1. The zero-order valence-corrected chi connectivity index (χ0v) is 20.5. The molecule has 8 heteroatoms. The summed E-state index contributed by atoms with van der Waals surface area (Å²) in [7, 11) is 1.68. The summed E-state index contributed by atoms with van der Waals surface area (Å²) in [5, 5.41) is 22.9. The van der Waals surface area contributed by atoms with E-state index in [1.54, 1.807) is 29.4 Å². The van der Waals surface area contributed by atoms with E-state index in [0.29, 0.717) is 42.2 Å². The lowest BCUT2D eigenvalue weighted by Crippen LogP contribution is -2.55. The zero-order valence-electron chi connectivity index (χ0n) is 18.9. The number of aliphatic hydroxyl groups is 2. The number of carbonyl (C=O) groups is 1. The molecule has 0 aliphatic carbocycles. The SMILES string of the molecule is CC/C(=C\C(=NC)C1(O)COC1)c1csc(-c2ccc(C(=O)N3CCC(O)CC3)cc2Cl)c1. The van der Waals surface area contributed by atoms with Crippen molar-refractivity contribution in [2.45, 2.75) is 37.9 Å². The van der Waals surface area contributed by atoms with Gasteiger partial charge in [-0.1, -0.05) is 24.6 Å². The summed E-state index contributed by atoms with van der Waals surface area (Å²) in [4.78, 5) is 19.9. The molecule has 33 heavy (non-hydrogen) atoms. The highest BCUT2D eigenvalue weighted by Gasteiger charge is 2.40. The van der Waals surface area contributed by atoms with Gasteiger partial charge in [0, 0.05) is 36.1 Å². The van der Waals surface area contributed by atoms with E-state index in [0.717, 1.165) is 28.0 Å². The van der Waals surface area contributed by atoms with Crippen LogP contribution < -0.4 is 0 Å². The molecule has 6 nitrogen and oxygen atoms in total. The number of allylic oxidation sites excluding steroid dienone is 1. The van der Waals surface area contributed by atoms with Crippen LogP contribution in [-0.4, -0.2) is 71.8 Å². The minimum Gasteiger partial charge on any atom is -0.393 e. The molecule has 4 rings (SSSR count). The van der Waals surface area contributed by atoms with Crippen LogP contribution in [-0.2, 0) is 4.74 Å². The fourth-order valence-corrected chi connectivity index (χ4v) is 5.46. The van der Waals surface area contributed by atoms with Gasteiger partial charge >= 0.3 is 0 Å². The third-order valence-corrected chi connectivity index (χ3v) is 7.57. The molecule has 2 aliphatic heterocycles. The highest BCUT2D eigenvalue weighted by Crippen LogP contribution is 2.36. The first-order valence-corrected chi connectivity index (χ1v) is 12.4. The number of benzene rings is 1. The molecule has 1 aromatic heterocycles. The maximum atomic E-state index is 12.8. The van der Waals surface area contributed by atoms with Crippen LogP contribution >= 0.6 is 22.9 Å². The third-order valence-electron chi connectivity index (χ3n) is 6.29. The van der Waals surface area contributed by atoms with Gasteiger partial charge in [-0.05, 0) is 60.1 Å². The second-order valence-electron chi connectivity index (χ2n) is 8.57. The molecule has 2 N–H and O–H groups in total. The first-order valence-electron chi connectivity index (χ1n) is 11.2. The van der Waals surface area contributed by atoms with Crippen molar-refractivity contribution in [3.05, 3.63) is 51.9 Å². The molecule has 2 aliphatic rings. The summed E-state index contributed by atoms with van der Waals surface area (Å²) in [5.74, 6) is -0.0530. The maximum Gasteiger partial charge on any atom is 0.253 e. The molecule has 1 aromatic carbocycles. The number of rotatable bonds is 6. The van der Waals surface area contributed by atoms with Crippen molar-refractivity contribution in [1.82, 2.24) is 4.90 Å². The van der Waals surface area contributed by atoms with Crippen molar-refractivity contribution in [1.29, 1.82) is 0 Å². The number of ether oxygens (including phenoxy) is 1. The average molecular weight is 489 g/mol. The van der Waals surface area contributed by atoms with Gasteiger partial charge < -0.3 is 19.8 Å². The molecule has 0 bridgehead atoms. The fraction of sp³-hybridized carbons (Fsp3) is 0.440. The van der Waals surface area contributed by atoms with E-state index in [9.17, 15) is 15.0 Å². The van der Waals surface area contributed by atoms with Crippen molar-refractivity contribution in [3.63, 3.8) is 0 Å². The molecule has 0 unspecified atom stereocenters. The molecule has 2 aromatic rings. The fourth-order valence-electron chi connectivity index (χ4n) is 4.15. The Morgan fingerprint density at radius 2 is 2.03 bits per heavy atom. The van der Waals surface area contributed by atoms with Crippen molar-refractivity contribution in [2.75, 3.05) is 33.4 Å². The Kier molecular flexibility index (Phi) is 7.36. The van der Waals surface area contributed by atoms with Crippen LogP contribution in [0.15, 0.2) is 40.7 Å².